The maximum atomic E-state index is 12.1. The number of carbonyl (C=O) groups excluding carboxylic acids is 2. The van der Waals surface area contributed by atoms with Gasteiger partial charge in [-0.05, 0) is 42.7 Å². The van der Waals surface area contributed by atoms with E-state index in [1.54, 1.807) is 12.1 Å². The van der Waals surface area contributed by atoms with E-state index in [2.05, 4.69) is 10.1 Å². The van der Waals surface area contributed by atoms with Crippen LogP contribution in [0.5, 0.6) is 5.75 Å². The molecule has 0 aromatic heterocycles. The second-order valence-electron chi connectivity index (χ2n) is 4.90. The molecule has 26 heavy (non-hydrogen) atoms. The van der Waals surface area contributed by atoms with Gasteiger partial charge in [0.15, 0.2) is 6.61 Å². The predicted molar refractivity (Wildman–Crippen MR) is 90.3 cm³/mol. The topological polar surface area (TPSA) is 64.6 Å². The molecule has 0 spiro atoms. The number of alkyl halides is 3. The van der Waals surface area contributed by atoms with Crippen molar-refractivity contribution < 1.29 is 32.2 Å². The molecule has 0 radical (unpaired) electrons. The molecule has 0 bridgehead atoms. The third-order valence-electron chi connectivity index (χ3n) is 3.04. The summed E-state index contributed by atoms with van der Waals surface area (Å²) in [6.07, 6.45) is -2.95. The Balaban J connectivity index is 1.88. The molecule has 0 heterocycles. The van der Waals surface area contributed by atoms with Crippen molar-refractivity contribution in [1.29, 1.82) is 0 Å². The van der Waals surface area contributed by atoms with Crippen molar-refractivity contribution in [3.8, 4) is 5.75 Å². The quantitative estimate of drug-likeness (QED) is 0.599. The Bertz CT molecular complexity index is 778. The molecule has 0 fully saturated rings. The first-order valence-electron chi connectivity index (χ1n) is 7.24. The van der Waals surface area contributed by atoms with Crippen LogP contribution in [0.15, 0.2) is 53.4 Å². The number of esters is 1. The Morgan fingerprint density at radius 2 is 1.73 bits per heavy atom. The average Bonchev–Trinajstić information content (AvgIpc) is 2.59. The number of ether oxygens (including phenoxy) is 2. The molecule has 0 unspecified atom stereocenters. The summed E-state index contributed by atoms with van der Waals surface area (Å²) in [7, 11) is 0. The Labute approximate surface area is 151 Å². The first-order valence-corrected chi connectivity index (χ1v) is 8.47. The number of anilines is 1. The van der Waals surface area contributed by atoms with E-state index in [1.165, 1.54) is 11.8 Å². The van der Waals surface area contributed by atoms with Gasteiger partial charge in [-0.3, -0.25) is 4.79 Å². The van der Waals surface area contributed by atoms with Crippen LogP contribution in [-0.4, -0.2) is 31.1 Å². The van der Waals surface area contributed by atoms with Gasteiger partial charge < -0.3 is 14.8 Å². The average molecular weight is 385 g/mol. The van der Waals surface area contributed by atoms with E-state index < -0.39 is 30.6 Å². The fourth-order valence-electron chi connectivity index (χ4n) is 1.94. The monoisotopic (exact) mass is 385 g/mol. The summed E-state index contributed by atoms with van der Waals surface area (Å²) in [6, 6.07) is 11.3. The molecular weight excluding hydrogens is 371 g/mol. The first-order chi connectivity index (χ1) is 12.3. The van der Waals surface area contributed by atoms with Crippen molar-refractivity contribution in [2.24, 2.45) is 0 Å². The van der Waals surface area contributed by atoms with Crippen LogP contribution >= 0.6 is 11.8 Å². The number of benzene rings is 2. The molecule has 138 valence electrons. The molecule has 0 aliphatic heterocycles. The highest BCUT2D eigenvalue weighted by Crippen LogP contribution is 2.25. The van der Waals surface area contributed by atoms with Gasteiger partial charge in [-0.25, -0.2) is 4.79 Å². The standard InChI is InChI=1S/C17H14F3NO4S/c1-26-14-5-3-2-4-13(14)21-15(22)10-24-16(23)11-6-8-12(9-7-11)25-17(18,19)20/h2-9H,10H2,1H3,(H,21,22). The van der Waals surface area contributed by atoms with Crippen molar-refractivity contribution >= 4 is 29.3 Å². The summed E-state index contributed by atoms with van der Waals surface area (Å²) in [6.45, 7) is -0.525. The van der Waals surface area contributed by atoms with E-state index in [-0.39, 0.29) is 5.56 Å². The van der Waals surface area contributed by atoms with Crippen molar-refractivity contribution in [3.05, 3.63) is 54.1 Å². The number of amides is 1. The van der Waals surface area contributed by atoms with E-state index in [0.717, 1.165) is 29.2 Å². The molecule has 1 N–H and O–H groups in total. The zero-order valence-corrected chi connectivity index (χ0v) is 14.3. The Kier molecular flexibility index (Phi) is 6.51. The van der Waals surface area contributed by atoms with Gasteiger partial charge in [0.1, 0.15) is 5.75 Å². The summed E-state index contributed by atoms with van der Waals surface area (Å²) >= 11 is 1.45. The van der Waals surface area contributed by atoms with Crippen LogP contribution in [-0.2, 0) is 9.53 Å². The molecule has 2 rings (SSSR count). The molecule has 1 amide bonds. The maximum Gasteiger partial charge on any atom is 0.573 e. The lowest BCUT2D eigenvalue weighted by Crippen LogP contribution is -2.21. The number of para-hydroxylation sites is 1. The second-order valence-corrected chi connectivity index (χ2v) is 5.74. The third-order valence-corrected chi connectivity index (χ3v) is 3.83. The largest absolute Gasteiger partial charge is 0.573 e. The van der Waals surface area contributed by atoms with Gasteiger partial charge in [0.05, 0.1) is 11.3 Å². The van der Waals surface area contributed by atoms with Crippen LogP contribution in [0.4, 0.5) is 18.9 Å². The van der Waals surface area contributed by atoms with Crippen LogP contribution in [0.2, 0.25) is 0 Å². The number of carbonyl (C=O) groups is 2. The van der Waals surface area contributed by atoms with Crippen LogP contribution in [0, 0.1) is 0 Å². The van der Waals surface area contributed by atoms with Crippen LogP contribution in [0.3, 0.4) is 0 Å². The highest BCUT2D eigenvalue weighted by molar-refractivity contribution is 7.98. The normalized spacial score (nSPS) is 10.9. The van der Waals surface area contributed by atoms with Crippen molar-refractivity contribution in [3.63, 3.8) is 0 Å². The lowest BCUT2D eigenvalue weighted by Gasteiger charge is -2.10. The minimum atomic E-state index is -4.81. The summed E-state index contributed by atoms with van der Waals surface area (Å²) in [4.78, 5) is 24.6. The minimum absolute atomic E-state index is 0.00293. The molecule has 9 heteroatoms. The van der Waals surface area contributed by atoms with Gasteiger partial charge in [0.25, 0.3) is 5.91 Å². The van der Waals surface area contributed by atoms with E-state index in [1.807, 2.05) is 18.4 Å². The fourth-order valence-corrected chi connectivity index (χ4v) is 2.49. The summed E-state index contributed by atoms with van der Waals surface area (Å²) < 4.78 is 44.8. The number of hydrogen-bond acceptors (Lipinski definition) is 5. The number of halogens is 3. The van der Waals surface area contributed by atoms with Crippen LogP contribution < -0.4 is 10.1 Å². The second kappa shape index (κ2) is 8.61. The number of hydrogen-bond donors (Lipinski definition) is 1. The smallest absolute Gasteiger partial charge is 0.452 e. The van der Waals surface area contributed by atoms with Gasteiger partial charge in [-0.2, -0.15) is 0 Å². The van der Waals surface area contributed by atoms with Crippen molar-refractivity contribution in [2.45, 2.75) is 11.3 Å². The van der Waals surface area contributed by atoms with Crippen LogP contribution in [0.1, 0.15) is 10.4 Å². The zero-order valence-electron chi connectivity index (χ0n) is 13.5. The summed E-state index contributed by atoms with van der Waals surface area (Å²) in [5.41, 5.74) is 0.589. The molecular formula is C17H14F3NO4S. The summed E-state index contributed by atoms with van der Waals surface area (Å²) in [5, 5.41) is 2.62. The van der Waals surface area contributed by atoms with Gasteiger partial charge in [0.2, 0.25) is 0 Å². The number of rotatable bonds is 6. The molecule has 2 aromatic carbocycles. The molecule has 0 atom stereocenters. The lowest BCUT2D eigenvalue weighted by atomic mass is 10.2. The van der Waals surface area contributed by atoms with Gasteiger partial charge in [0, 0.05) is 4.90 Å². The SMILES string of the molecule is CSc1ccccc1NC(=O)COC(=O)c1ccc(OC(F)(F)F)cc1. The highest BCUT2D eigenvalue weighted by Gasteiger charge is 2.31. The fraction of sp³-hybridized carbons (Fsp3) is 0.176. The Morgan fingerprint density at radius 1 is 1.08 bits per heavy atom. The molecule has 0 aliphatic rings. The zero-order chi connectivity index (χ0) is 19.2. The number of nitrogens with one attached hydrogen (secondary N) is 1. The third kappa shape index (κ3) is 5.99. The predicted octanol–water partition coefficient (Wildman–Crippen LogP) is 4.10. The Hall–Kier alpha value is -2.68. The molecule has 0 aliphatic carbocycles. The molecule has 2 aromatic rings. The molecule has 0 saturated carbocycles. The van der Waals surface area contributed by atoms with E-state index in [0.29, 0.717) is 5.69 Å². The van der Waals surface area contributed by atoms with E-state index >= 15 is 0 Å². The van der Waals surface area contributed by atoms with Crippen molar-refractivity contribution in [1.82, 2.24) is 0 Å². The number of thioether (sulfide) groups is 1. The first kappa shape index (κ1) is 19.6. The van der Waals surface area contributed by atoms with Gasteiger partial charge >= 0.3 is 12.3 Å². The Morgan fingerprint density at radius 3 is 2.35 bits per heavy atom. The molecule has 5 nitrogen and oxygen atoms in total. The van der Waals surface area contributed by atoms with E-state index in [4.69, 9.17) is 4.74 Å². The van der Waals surface area contributed by atoms with E-state index in [9.17, 15) is 22.8 Å². The maximum absolute atomic E-state index is 12.1. The summed E-state index contributed by atoms with van der Waals surface area (Å²) in [5.74, 6) is -1.82. The van der Waals surface area contributed by atoms with Crippen LogP contribution in [0.25, 0.3) is 0 Å². The van der Waals surface area contributed by atoms with Gasteiger partial charge in [-0.1, -0.05) is 12.1 Å². The van der Waals surface area contributed by atoms with Crippen molar-refractivity contribution in [2.75, 3.05) is 18.2 Å². The lowest BCUT2D eigenvalue weighted by molar-refractivity contribution is -0.274. The minimum Gasteiger partial charge on any atom is -0.452 e. The van der Waals surface area contributed by atoms with Gasteiger partial charge in [-0.15, -0.1) is 24.9 Å². The highest BCUT2D eigenvalue weighted by atomic mass is 32.2. The molecule has 0 saturated heterocycles.